The van der Waals surface area contributed by atoms with Crippen molar-refractivity contribution in [2.75, 3.05) is 13.2 Å². The molecule has 0 radical (unpaired) electrons. The van der Waals surface area contributed by atoms with Crippen LogP contribution < -0.4 is 0 Å². The minimum atomic E-state index is 0.389. The molecule has 6 aliphatic carbocycles. The Kier molecular flexibility index (Phi) is 3.78. The Morgan fingerprint density at radius 2 is 1.67 bits per heavy atom. The van der Waals surface area contributed by atoms with E-state index in [0.29, 0.717) is 23.0 Å². The Balaban J connectivity index is 1.15. The Hall–Kier alpha value is -0.0800. The number of ether oxygens (including phenoxy) is 2. The fourth-order valence-corrected chi connectivity index (χ4v) is 10.2. The third-order valence-electron chi connectivity index (χ3n) is 10.9. The molecule has 0 N–H and O–H groups in total. The molecule has 10 unspecified atom stereocenters. The van der Waals surface area contributed by atoms with Crippen molar-refractivity contribution in [3.8, 4) is 0 Å². The van der Waals surface area contributed by atoms with Crippen molar-refractivity contribution in [1.82, 2.24) is 0 Å². The molecule has 0 aromatic carbocycles. The highest BCUT2D eigenvalue weighted by Crippen LogP contribution is 2.69. The predicted octanol–water partition coefficient (Wildman–Crippen LogP) is 5.55. The van der Waals surface area contributed by atoms with Crippen LogP contribution in [0.4, 0.5) is 0 Å². The number of hydrogen-bond acceptors (Lipinski definition) is 2. The van der Waals surface area contributed by atoms with Gasteiger partial charge in [-0.3, -0.25) is 0 Å². The summed E-state index contributed by atoms with van der Waals surface area (Å²) in [7, 11) is 0. The van der Waals surface area contributed by atoms with E-state index in [-0.39, 0.29) is 0 Å². The van der Waals surface area contributed by atoms with Gasteiger partial charge in [0.25, 0.3) is 0 Å². The Morgan fingerprint density at radius 3 is 2.41 bits per heavy atom. The van der Waals surface area contributed by atoms with Gasteiger partial charge in [-0.05, 0) is 110 Å². The monoisotopic (exact) mass is 372 g/mol. The van der Waals surface area contributed by atoms with Gasteiger partial charge in [-0.25, -0.2) is 0 Å². The van der Waals surface area contributed by atoms with Gasteiger partial charge in [0.05, 0.1) is 18.8 Å². The number of hydrogen-bond donors (Lipinski definition) is 0. The average molecular weight is 373 g/mol. The maximum absolute atomic E-state index is 6.86. The van der Waals surface area contributed by atoms with Gasteiger partial charge in [0.15, 0.2) is 0 Å². The highest BCUT2D eigenvalue weighted by atomic mass is 16.5. The summed E-state index contributed by atoms with van der Waals surface area (Å²) in [4.78, 5) is 0. The van der Waals surface area contributed by atoms with E-state index in [9.17, 15) is 0 Å². The average Bonchev–Trinajstić information content (AvgIpc) is 3.40. The molecule has 6 fully saturated rings. The molecule has 11 atom stereocenters. The van der Waals surface area contributed by atoms with Gasteiger partial charge in [-0.2, -0.15) is 0 Å². The highest BCUT2D eigenvalue weighted by molar-refractivity contribution is 5.14. The second kappa shape index (κ2) is 5.75. The van der Waals surface area contributed by atoms with Crippen molar-refractivity contribution in [2.45, 2.75) is 84.8 Å². The minimum absolute atomic E-state index is 0.389. The Bertz CT molecular complexity index is 609. The van der Waals surface area contributed by atoms with Crippen LogP contribution in [-0.4, -0.2) is 25.4 Å². The molecule has 6 aliphatic rings. The van der Waals surface area contributed by atoms with Crippen molar-refractivity contribution in [2.24, 2.45) is 58.2 Å². The van der Waals surface area contributed by atoms with Crippen LogP contribution in [0.3, 0.4) is 0 Å². The first-order chi connectivity index (χ1) is 12.9. The van der Waals surface area contributed by atoms with Crippen molar-refractivity contribution >= 4 is 0 Å². The summed E-state index contributed by atoms with van der Waals surface area (Å²) < 4.78 is 13.0. The van der Waals surface area contributed by atoms with Gasteiger partial charge in [-0.1, -0.05) is 20.8 Å². The molecule has 2 nitrogen and oxygen atoms in total. The standard InChI is InChI=1S/C25H40O2/c1-5-26-20-11-15-10-19(20)22-18-9-14(21(15)22)8-16(18)13-27-23-24(2,3)17-6-7-25(23,4)12-17/h14-23H,5-13H2,1-4H3/t14?,15?,16-,17?,18?,19?,20?,21?,22?,23?,25?/m0/s1. The van der Waals surface area contributed by atoms with Gasteiger partial charge in [-0.15, -0.1) is 0 Å². The Morgan fingerprint density at radius 1 is 0.889 bits per heavy atom. The highest BCUT2D eigenvalue weighted by Gasteiger charge is 2.65. The molecule has 6 rings (SSSR count). The third-order valence-corrected chi connectivity index (χ3v) is 10.9. The fraction of sp³-hybridized carbons (Fsp3) is 1.00. The van der Waals surface area contributed by atoms with Crippen molar-refractivity contribution in [3.05, 3.63) is 0 Å². The molecule has 0 amide bonds. The summed E-state index contributed by atoms with van der Waals surface area (Å²) in [5.74, 6) is 7.64. The van der Waals surface area contributed by atoms with E-state index in [1.165, 1.54) is 44.9 Å². The minimum Gasteiger partial charge on any atom is -0.378 e. The zero-order valence-corrected chi connectivity index (χ0v) is 18.0. The summed E-state index contributed by atoms with van der Waals surface area (Å²) >= 11 is 0. The number of rotatable bonds is 5. The SMILES string of the molecule is CCOC1CC2CC1C1C2C2CC1[C@H](COC1C3(C)CCC(C3)C1(C)C)C2. The van der Waals surface area contributed by atoms with Gasteiger partial charge < -0.3 is 9.47 Å². The molecule has 6 bridgehead atoms. The Labute approximate surface area is 166 Å². The van der Waals surface area contributed by atoms with Gasteiger partial charge >= 0.3 is 0 Å². The summed E-state index contributed by atoms with van der Waals surface area (Å²) in [6, 6.07) is 0. The smallest absolute Gasteiger partial charge is 0.0682 e. The third kappa shape index (κ3) is 2.26. The van der Waals surface area contributed by atoms with Crippen LogP contribution in [0.5, 0.6) is 0 Å². The zero-order chi connectivity index (χ0) is 18.6. The molecule has 0 saturated heterocycles. The maximum Gasteiger partial charge on any atom is 0.0682 e. The lowest BCUT2D eigenvalue weighted by Gasteiger charge is -2.45. The molecule has 6 saturated carbocycles. The van der Waals surface area contributed by atoms with E-state index < -0.39 is 0 Å². The lowest BCUT2D eigenvalue weighted by molar-refractivity contribution is -0.111. The van der Waals surface area contributed by atoms with E-state index in [1.54, 1.807) is 0 Å². The van der Waals surface area contributed by atoms with Crippen LogP contribution in [0.1, 0.15) is 72.6 Å². The molecular formula is C25H40O2. The first kappa shape index (κ1) is 17.8. The lowest BCUT2D eigenvalue weighted by atomic mass is 9.66. The van der Waals surface area contributed by atoms with Crippen molar-refractivity contribution in [3.63, 3.8) is 0 Å². The summed E-state index contributed by atoms with van der Waals surface area (Å²) in [6.45, 7) is 11.6. The lowest BCUT2D eigenvalue weighted by Crippen LogP contribution is -2.44. The van der Waals surface area contributed by atoms with E-state index >= 15 is 0 Å². The van der Waals surface area contributed by atoms with Crippen molar-refractivity contribution < 1.29 is 9.47 Å². The van der Waals surface area contributed by atoms with Crippen LogP contribution in [0.25, 0.3) is 0 Å². The van der Waals surface area contributed by atoms with Crippen LogP contribution in [0.2, 0.25) is 0 Å². The quantitative estimate of drug-likeness (QED) is 0.589. The normalized spacial score (nSPS) is 59.1. The van der Waals surface area contributed by atoms with Crippen LogP contribution in [0, 0.1) is 58.2 Å². The molecule has 2 heteroatoms. The molecule has 0 aliphatic heterocycles. The zero-order valence-electron chi connectivity index (χ0n) is 18.0. The van der Waals surface area contributed by atoms with E-state index in [0.717, 1.165) is 60.6 Å². The molecule has 0 heterocycles. The molecule has 0 spiro atoms. The maximum atomic E-state index is 6.86. The van der Waals surface area contributed by atoms with Crippen LogP contribution in [0.15, 0.2) is 0 Å². The second-order valence-electron chi connectivity index (χ2n) is 12.3. The molecule has 152 valence electrons. The molecular weight excluding hydrogens is 332 g/mol. The first-order valence-electron chi connectivity index (χ1n) is 12.2. The van der Waals surface area contributed by atoms with Gasteiger partial charge in [0, 0.05) is 6.61 Å². The van der Waals surface area contributed by atoms with E-state index in [4.69, 9.17) is 9.47 Å². The fourth-order valence-electron chi connectivity index (χ4n) is 10.2. The molecule has 0 aromatic heterocycles. The van der Waals surface area contributed by atoms with Crippen LogP contribution >= 0.6 is 0 Å². The number of fused-ring (bicyclic) bond motifs is 11. The van der Waals surface area contributed by atoms with Crippen molar-refractivity contribution in [1.29, 1.82) is 0 Å². The van der Waals surface area contributed by atoms with Gasteiger partial charge in [0.2, 0.25) is 0 Å². The van der Waals surface area contributed by atoms with Gasteiger partial charge in [0.1, 0.15) is 0 Å². The van der Waals surface area contributed by atoms with Crippen LogP contribution in [-0.2, 0) is 9.47 Å². The topological polar surface area (TPSA) is 18.5 Å². The summed E-state index contributed by atoms with van der Waals surface area (Å²) in [5.41, 5.74) is 0.848. The molecule has 0 aromatic rings. The van der Waals surface area contributed by atoms with E-state index in [2.05, 4.69) is 27.7 Å². The van der Waals surface area contributed by atoms with E-state index in [1.807, 2.05) is 0 Å². The first-order valence-corrected chi connectivity index (χ1v) is 12.2. The predicted molar refractivity (Wildman–Crippen MR) is 107 cm³/mol. The second-order valence-corrected chi connectivity index (χ2v) is 12.3. The molecule has 27 heavy (non-hydrogen) atoms. The summed E-state index contributed by atoms with van der Waals surface area (Å²) in [6.07, 6.45) is 11.2. The largest absolute Gasteiger partial charge is 0.378 e. The summed E-state index contributed by atoms with van der Waals surface area (Å²) in [5, 5.41) is 0.